The molecule has 108 valence electrons. The van der Waals surface area contributed by atoms with Gasteiger partial charge in [-0.25, -0.2) is 0 Å². The lowest BCUT2D eigenvalue weighted by atomic mass is 10.3. The van der Waals surface area contributed by atoms with Crippen LogP contribution >= 0.6 is 0 Å². The van der Waals surface area contributed by atoms with Crippen LogP contribution in [0, 0.1) is 17.0 Å². The minimum Gasteiger partial charge on any atom is -0.390 e. The van der Waals surface area contributed by atoms with E-state index in [0.717, 1.165) is 6.20 Å². The zero-order valence-corrected chi connectivity index (χ0v) is 10.8. The summed E-state index contributed by atoms with van der Waals surface area (Å²) in [4.78, 5) is 13.9. The van der Waals surface area contributed by atoms with Crippen molar-refractivity contribution in [3.63, 3.8) is 0 Å². The molecular weight excluding hydrogens is 268 g/mol. The monoisotopic (exact) mass is 282 g/mol. The van der Waals surface area contributed by atoms with Gasteiger partial charge in [0.05, 0.1) is 24.1 Å². The number of aliphatic hydroxyl groups excluding tert-OH is 1. The van der Waals surface area contributed by atoms with Gasteiger partial charge in [0.15, 0.2) is 5.82 Å². The maximum Gasteiger partial charge on any atom is 0.306 e. The maximum absolute atomic E-state index is 10.5. The van der Waals surface area contributed by atoms with Gasteiger partial charge in [-0.3, -0.25) is 14.8 Å². The maximum atomic E-state index is 10.5. The highest BCUT2D eigenvalue weighted by atomic mass is 16.6. The van der Waals surface area contributed by atoms with Crippen molar-refractivity contribution in [1.29, 1.82) is 0 Å². The van der Waals surface area contributed by atoms with Crippen molar-refractivity contribution >= 4 is 5.69 Å². The molecular formula is C10H14N6O4. The van der Waals surface area contributed by atoms with Crippen LogP contribution in [0.4, 0.5) is 5.69 Å². The van der Waals surface area contributed by atoms with Crippen LogP contribution in [0.5, 0.6) is 0 Å². The lowest BCUT2D eigenvalue weighted by Crippen LogP contribution is -2.30. The summed E-state index contributed by atoms with van der Waals surface area (Å²) < 4.78 is 6.22. The summed E-state index contributed by atoms with van der Waals surface area (Å²) in [6, 6.07) is 0. The highest BCUT2D eigenvalue weighted by molar-refractivity contribution is 5.20. The topological polar surface area (TPSA) is 132 Å². The second-order valence-electron chi connectivity index (χ2n) is 4.20. The number of hydrogen-bond acceptors (Lipinski definition) is 8. The third kappa shape index (κ3) is 3.83. The molecule has 0 spiro atoms. The van der Waals surface area contributed by atoms with Gasteiger partial charge in [-0.2, -0.15) is 10.1 Å². The Morgan fingerprint density at radius 3 is 3.05 bits per heavy atom. The molecule has 0 bridgehead atoms. The number of rotatable bonds is 7. The van der Waals surface area contributed by atoms with Crippen LogP contribution in [0.2, 0.25) is 0 Å². The molecule has 10 heteroatoms. The third-order valence-corrected chi connectivity index (χ3v) is 2.45. The van der Waals surface area contributed by atoms with Crippen molar-refractivity contribution in [1.82, 2.24) is 25.2 Å². The van der Waals surface area contributed by atoms with Crippen molar-refractivity contribution in [2.75, 3.05) is 6.54 Å². The third-order valence-electron chi connectivity index (χ3n) is 2.45. The molecule has 2 rings (SSSR count). The van der Waals surface area contributed by atoms with Crippen LogP contribution < -0.4 is 5.32 Å². The highest BCUT2D eigenvalue weighted by Gasteiger charge is 2.12. The quantitative estimate of drug-likeness (QED) is 0.519. The molecule has 1 unspecified atom stereocenters. The molecule has 0 radical (unpaired) electrons. The van der Waals surface area contributed by atoms with Crippen LogP contribution in [0.15, 0.2) is 16.9 Å². The molecule has 2 heterocycles. The number of nitro groups is 1. The van der Waals surface area contributed by atoms with Crippen LogP contribution in [-0.2, 0) is 13.1 Å². The van der Waals surface area contributed by atoms with E-state index in [4.69, 9.17) is 4.52 Å². The van der Waals surface area contributed by atoms with E-state index >= 15 is 0 Å². The zero-order valence-electron chi connectivity index (χ0n) is 10.8. The van der Waals surface area contributed by atoms with Crippen LogP contribution in [0.1, 0.15) is 11.7 Å². The fraction of sp³-hybridized carbons (Fsp3) is 0.500. The summed E-state index contributed by atoms with van der Waals surface area (Å²) >= 11 is 0. The largest absolute Gasteiger partial charge is 0.390 e. The van der Waals surface area contributed by atoms with Crippen molar-refractivity contribution in [2.24, 2.45) is 0 Å². The Morgan fingerprint density at radius 2 is 2.45 bits per heavy atom. The minimum atomic E-state index is -0.737. The van der Waals surface area contributed by atoms with Gasteiger partial charge in [-0.1, -0.05) is 5.16 Å². The number of nitrogens with one attached hydrogen (secondary N) is 1. The van der Waals surface area contributed by atoms with Crippen LogP contribution in [-0.4, -0.2) is 42.6 Å². The second-order valence-corrected chi connectivity index (χ2v) is 4.20. The number of aliphatic hydroxyl groups is 1. The second kappa shape index (κ2) is 6.21. The van der Waals surface area contributed by atoms with Crippen molar-refractivity contribution in [3.05, 3.63) is 34.2 Å². The molecule has 0 saturated heterocycles. The molecule has 0 aliphatic carbocycles. The van der Waals surface area contributed by atoms with E-state index in [1.165, 1.54) is 10.9 Å². The normalized spacial score (nSPS) is 12.5. The Kier molecular flexibility index (Phi) is 4.38. The van der Waals surface area contributed by atoms with E-state index in [9.17, 15) is 15.2 Å². The van der Waals surface area contributed by atoms with Gasteiger partial charge >= 0.3 is 5.69 Å². The number of aromatic nitrogens is 4. The molecule has 2 aromatic heterocycles. The molecule has 0 saturated carbocycles. The first-order valence-electron chi connectivity index (χ1n) is 5.89. The fourth-order valence-corrected chi connectivity index (χ4v) is 1.58. The summed E-state index contributed by atoms with van der Waals surface area (Å²) in [5.41, 5.74) is -0.105. The highest BCUT2D eigenvalue weighted by Crippen LogP contribution is 2.07. The van der Waals surface area contributed by atoms with Gasteiger partial charge in [0, 0.05) is 6.54 Å². The molecule has 0 fully saturated rings. The molecule has 0 aliphatic rings. The Hall–Kier alpha value is -2.33. The lowest BCUT2D eigenvalue weighted by molar-refractivity contribution is -0.385. The summed E-state index contributed by atoms with van der Waals surface area (Å²) in [6.45, 7) is 2.49. The van der Waals surface area contributed by atoms with Crippen LogP contribution in [0.25, 0.3) is 0 Å². The summed E-state index contributed by atoms with van der Waals surface area (Å²) in [6.07, 6.45) is 1.67. The number of nitrogens with zero attached hydrogens (tertiary/aromatic N) is 5. The van der Waals surface area contributed by atoms with E-state index in [1.54, 1.807) is 6.92 Å². The van der Waals surface area contributed by atoms with E-state index in [0.29, 0.717) is 18.3 Å². The molecule has 1 atom stereocenters. The smallest absolute Gasteiger partial charge is 0.306 e. The average Bonchev–Trinajstić information content (AvgIpc) is 2.99. The van der Waals surface area contributed by atoms with Crippen molar-refractivity contribution in [3.8, 4) is 0 Å². The summed E-state index contributed by atoms with van der Waals surface area (Å²) in [7, 11) is 0. The number of aryl methyl sites for hydroxylation is 1. The van der Waals surface area contributed by atoms with Gasteiger partial charge < -0.3 is 14.9 Å². The Balaban J connectivity index is 1.74. The van der Waals surface area contributed by atoms with E-state index in [-0.39, 0.29) is 18.8 Å². The number of hydrogen-bond donors (Lipinski definition) is 2. The predicted molar refractivity (Wildman–Crippen MR) is 65.6 cm³/mol. The zero-order chi connectivity index (χ0) is 14.5. The van der Waals surface area contributed by atoms with Gasteiger partial charge in [-0.05, 0) is 6.92 Å². The molecule has 0 aromatic carbocycles. The average molecular weight is 282 g/mol. The lowest BCUT2D eigenvalue weighted by Gasteiger charge is -2.10. The van der Waals surface area contributed by atoms with E-state index in [1.807, 2.05) is 0 Å². The van der Waals surface area contributed by atoms with Gasteiger partial charge in [0.1, 0.15) is 12.4 Å². The standard InChI is InChI=1S/C10H14N6O4/c1-7-13-10(20-14-7)4-11-3-9(17)6-15-5-8(2-12-15)16(18)19/h2,5,9,11,17H,3-4,6H2,1H3. The Labute approximate surface area is 113 Å². The fourth-order valence-electron chi connectivity index (χ4n) is 1.58. The first kappa shape index (κ1) is 14.1. The predicted octanol–water partition coefficient (Wildman–Crippen LogP) is -0.367. The Morgan fingerprint density at radius 1 is 1.65 bits per heavy atom. The van der Waals surface area contributed by atoms with Gasteiger partial charge in [-0.15, -0.1) is 0 Å². The molecule has 20 heavy (non-hydrogen) atoms. The molecule has 10 nitrogen and oxygen atoms in total. The summed E-state index contributed by atoms with van der Waals surface area (Å²) in [5, 5.41) is 30.6. The molecule has 0 amide bonds. The van der Waals surface area contributed by atoms with Gasteiger partial charge in [0.25, 0.3) is 0 Å². The minimum absolute atomic E-state index is 0.105. The molecule has 2 N–H and O–H groups in total. The Bertz CT molecular complexity index is 580. The first-order chi connectivity index (χ1) is 9.54. The van der Waals surface area contributed by atoms with Gasteiger partial charge in [0.2, 0.25) is 5.89 Å². The van der Waals surface area contributed by atoms with E-state index < -0.39 is 11.0 Å². The van der Waals surface area contributed by atoms with Crippen LogP contribution in [0.3, 0.4) is 0 Å². The SMILES string of the molecule is Cc1noc(CNCC(O)Cn2cc([N+](=O)[O-])cn2)n1. The molecule has 0 aliphatic heterocycles. The molecule has 2 aromatic rings. The van der Waals surface area contributed by atoms with E-state index in [2.05, 4.69) is 20.6 Å². The summed E-state index contributed by atoms with van der Waals surface area (Å²) in [5.74, 6) is 0.982. The first-order valence-corrected chi connectivity index (χ1v) is 5.89. The van der Waals surface area contributed by atoms with Crippen molar-refractivity contribution in [2.45, 2.75) is 26.1 Å². The van der Waals surface area contributed by atoms with Crippen molar-refractivity contribution < 1.29 is 14.6 Å².